The fourth-order valence-electron chi connectivity index (χ4n) is 3.30. The number of aromatic nitrogens is 4. The van der Waals surface area contributed by atoms with Crippen molar-refractivity contribution < 1.29 is 4.79 Å². The van der Waals surface area contributed by atoms with Crippen LogP contribution in [0.15, 0.2) is 48.8 Å². The van der Waals surface area contributed by atoms with Crippen molar-refractivity contribution in [1.29, 1.82) is 0 Å². The Morgan fingerprint density at radius 1 is 1.12 bits per heavy atom. The van der Waals surface area contributed by atoms with Gasteiger partial charge < -0.3 is 10.2 Å². The van der Waals surface area contributed by atoms with E-state index in [4.69, 9.17) is 0 Å². The number of carbonyl (C=O) groups is 1. The first-order valence-corrected chi connectivity index (χ1v) is 8.72. The number of nitrogens with zero attached hydrogens (tertiary/aromatic N) is 5. The Bertz CT molecular complexity index is 916. The summed E-state index contributed by atoms with van der Waals surface area (Å²) in [6.45, 7) is 3.93. The number of hydrogen-bond donors (Lipinski definition) is 1. The predicted molar refractivity (Wildman–Crippen MR) is 99.7 cm³/mol. The minimum Gasteiger partial charge on any atom is -0.370 e. The molecule has 132 valence electrons. The molecule has 0 atom stereocenters. The maximum absolute atomic E-state index is 12.8. The van der Waals surface area contributed by atoms with Crippen molar-refractivity contribution in [3.63, 3.8) is 0 Å². The monoisotopic (exact) mass is 348 g/mol. The second-order valence-electron chi connectivity index (χ2n) is 6.42. The van der Waals surface area contributed by atoms with E-state index in [9.17, 15) is 4.79 Å². The van der Waals surface area contributed by atoms with Crippen LogP contribution in [0.1, 0.15) is 28.8 Å². The zero-order valence-corrected chi connectivity index (χ0v) is 14.6. The molecule has 4 rings (SSSR count). The molecule has 0 saturated carbocycles. The van der Waals surface area contributed by atoms with Crippen molar-refractivity contribution >= 4 is 17.3 Å². The highest BCUT2D eigenvalue weighted by Crippen LogP contribution is 2.31. The minimum absolute atomic E-state index is 0.114. The van der Waals surface area contributed by atoms with Crippen LogP contribution in [0.25, 0.3) is 5.69 Å². The molecular weight excluding hydrogens is 328 g/mol. The average molecular weight is 348 g/mol. The molecule has 1 aliphatic heterocycles. The summed E-state index contributed by atoms with van der Waals surface area (Å²) in [4.78, 5) is 15.1. The highest BCUT2D eigenvalue weighted by molar-refractivity contribution is 6.07. The molecule has 2 aromatic carbocycles. The van der Waals surface area contributed by atoms with Crippen LogP contribution >= 0.6 is 0 Å². The molecule has 1 amide bonds. The molecule has 1 N–H and O–H groups in total. The van der Waals surface area contributed by atoms with Crippen LogP contribution < -0.4 is 10.2 Å². The molecule has 0 spiro atoms. The molecule has 0 bridgehead atoms. The van der Waals surface area contributed by atoms with Crippen LogP contribution in [0.3, 0.4) is 0 Å². The van der Waals surface area contributed by atoms with E-state index >= 15 is 0 Å². The largest absolute Gasteiger partial charge is 0.370 e. The van der Waals surface area contributed by atoms with Gasteiger partial charge in [0.05, 0.1) is 17.1 Å². The maximum atomic E-state index is 12.8. The summed E-state index contributed by atoms with van der Waals surface area (Å²) in [5.41, 5.74) is 4.23. The fourth-order valence-corrected chi connectivity index (χ4v) is 3.30. The van der Waals surface area contributed by atoms with Crippen LogP contribution in [-0.4, -0.2) is 39.2 Å². The summed E-state index contributed by atoms with van der Waals surface area (Å²) in [5, 5.41) is 14.4. The zero-order chi connectivity index (χ0) is 17.9. The Morgan fingerprint density at radius 3 is 2.65 bits per heavy atom. The summed E-state index contributed by atoms with van der Waals surface area (Å²) in [6.07, 6.45) is 3.87. The number of tetrazole rings is 1. The second-order valence-corrected chi connectivity index (χ2v) is 6.42. The summed E-state index contributed by atoms with van der Waals surface area (Å²) < 4.78 is 1.58. The van der Waals surface area contributed by atoms with Gasteiger partial charge in [-0.2, -0.15) is 0 Å². The third kappa shape index (κ3) is 3.15. The Hall–Kier alpha value is -3.22. The third-order valence-corrected chi connectivity index (χ3v) is 4.68. The van der Waals surface area contributed by atoms with E-state index in [0.717, 1.165) is 35.7 Å². The first-order valence-electron chi connectivity index (χ1n) is 8.72. The van der Waals surface area contributed by atoms with Crippen LogP contribution in [0.2, 0.25) is 0 Å². The van der Waals surface area contributed by atoms with Crippen LogP contribution in [0.4, 0.5) is 11.4 Å². The van der Waals surface area contributed by atoms with Gasteiger partial charge in [-0.3, -0.25) is 4.79 Å². The molecule has 7 nitrogen and oxygen atoms in total. The number of hydrogen-bond acceptors (Lipinski definition) is 5. The molecule has 0 unspecified atom stereocenters. The normalized spacial score (nSPS) is 13.8. The number of anilines is 2. The average Bonchev–Trinajstić information content (AvgIpc) is 3.36. The van der Waals surface area contributed by atoms with Crippen LogP contribution in [0.5, 0.6) is 0 Å². The minimum atomic E-state index is -0.114. The number of amides is 1. The molecule has 26 heavy (non-hydrogen) atoms. The van der Waals surface area contributed by atoms with Crippen molar-refractivity contribution in [3.05, 3.63) is 59.9 Å². The van der Waals surface area contributed by atoms with E-state index < -0.39 is 0 Å². The van der Waals surface area contributed by atoms with Gasteiger partial charge in [0, 0.05) is 18.7 Å². The fraction of sp³-hybridized carbons (Fsp3) is 0.263. The molecule has 2 heterocycles. The van der Waals surface area contributed by atoms with E-state index in [-0.39, 0.29) is 5.91 Å². The van der Waals surface area contributed by atoms with Gasteiger partial charge in [0.1, 0.15) is 6.33 Å². The number of aryl methyl sites for hydroxylation is 1. The topological polar surface area (TPSA) is 75.9 Å². The van der Waals surface area contributed by atoms with E-state index in [0.29, 0.717) is 5.56 Å². The number of rotatable bonds is 4. The summed E-state index contributed by atoms with van der Waals surface area (Å²) in [6, 6.07) is 13.5. The summed E-state index contributed by atoms with van der Waals surface area (Å²) >= 11 is 0. The first-order chi connectivity index (χ1) is 12.7. The molecule has 0 radical (unpaired) electrons. The summed E-state index contributed by atoms with van der Waals surface area (Å²) in [7, 11) is 0. The molecule has 1 aromatic heterocycles. The lowest BCUT2D eigenvalue weighted by Crippen LogP contribution is -2.21. The van der Waals surface area contributed by atoms with Gasteiger partial charge in [-0.1, -0.05) is 18.2 Å². The second kappa shape index (κ2) is 6.95. The summed E-state index contributed by atoms with van der Waals surface area (Å²) in [5.74, 6) is -0.114. The van der Waals surface area contributed by atoms with Crippen molar-refractivity contribution in [3.8, 4) is 5.69 Å². The number of nitrogens with one attached hydrogen (secondary N) is 1. The maximum Gasteiger partial charge on any atom is 0.255 e. The van der Waals surface area contributed by atoms with Crippen molar-refractivity contribution in [2.45, 2.75) is 19.8 Å². The van der Waals surface area contributed by atoms with E-state index in [2.05, 4.69) is 25.7 Å². The van der Waals surface area contributed by atoms with Crippen molar-refractivity contribution in [1.82, 2.24) is 20.2 Å². The molecule has 1 saturated heterocycles. The molecule has 1 fully saturated rings. The Morgan fingerprint density at radius 2 is 1.92 bits per heavy atom. The van der Waals surface area contributed by atoms with Gasteiger partial charge in [0.15, 0.2) is 0 Å². The lowest BCUT2D eigenvalue weighted by atomic mass is 10.1. The van der Waals surface area contributed by atoms with Gasteiger partial charge in [-0.15, -0.1) is 5.10 Å². The highest BCUT2D eigenvalue weighted by atomic mass is 16.1. The molecule has 0 aliphatic carbocycles. The van der Waals surface area contributed by atoms with E-state index in [1.54, 1.807) is 4.68 Å². The third-order valence-electron chi connectivity index (χ3n) is 4.68. The van der Waals surface area contributed by atoms with Crippen LogP contribution in [0, 0.1) is 6.92 Å². The zero-order valence-electron chi connectivity index (χ0n) is 14.6. The number of benzene rings is 2. The smallest absolute Gasteiger partial charge is 0.255 e. The highest BCUT2D eigenvalue weighted by Gasteiger charge is 2.19. The van der Waals surface area contributed by atoms with Crippen molar-refractivity contribution in [2.75, 3.05) is 23.3 Å². The standard InChI is InChI=1S/C19H20N6O/c1-14-6-2-3-7-16(14)19(26)21-17-12-15(25-13-20-22-23-25)8-9-18(17)24-10-4-5-11-24/h2-3,6-9,12-13H,4-5,10-11H2,1H3,(H,21,26). The Balaban J connectivity index is 1.70. The first kappa shape index (κ1) is 16.3. The van der Waals surface area contributed by atoms with Gasteiger partial charge >= 0.3 is 0 Å². The van der Waals surface area contributed by atoms with E-state index in [1.165, 1.54) is 19.2 Å². The Labute approximate surface area is 151 Å². The molecule has 7 heteroatoms. The Kier molecular flexibility index (Phi) is 4.35. The predicted octanol–water partition coefficient (Wildman–Crippen LogP) is 2.82. The molecular formula is C19H20N6O. The van der Waals surface area contributed by atoms with Gasteiger partial charge in [0.25, 0.3) is 5.91 Å². The lowest BCUT2D eigenvalue weighted by Gasteiger charge is -2.22. The number of carbonyl (C=O) groups excluding carboxylic acids is 1. The molecule has 1 aliphatic rings. The van der Waals surface area contributed by atoms with Crippen LogP contribution in [-0.2, 0) is 0 Å². The SMILES string of the molecule is Cc1ccccc1C(=O)Nc1cc(-n2cnnn2)ccc1N1CCCC1. The van der Waals surface area contributed by atoms with Gasteiger partial charge in [-0.05, 0) is 60.0 Å². The van der Waals surface area contributed by atoms with Gasteiger partial charge in [-0.25, -0.2) is 4.68 Å². The van der Waals surface area contributed by atoms with E-state index in [1.807, 2.05) is 49.4 Å². The lowest BCUT2D eigenvalue weighted by molar-refractivity contribution is 0.102. The van der Waals surface area contributed by atoms with Gasteiger partial charge in [0.2, 0.25) is 0 Å². The van der Waals surface area contributed by atoms with Crippen molar-refractivity contribution in [2.24, 2.45) is 0 Å². The molecule has 3 aromatic rings. The quantitative estimate of drug-likeness (QED) is 0.785.